The SMILES string of the molecule is Cc1cc(C)cc(-c2nc3cccc4c3n2-c2cc(C)sc2B4c2c(C(C)C)cccc2C(C)C)c1. The second-order valence-electron chi connectivity index (χ2n) is 11.1. The molecule has 2 aromatic heterocycles. The van der Waals surface area contributed by atoms with Crippen LogP contribution < -0.4 is 15.7 Å². The van der Waals surface area contributed by atoms with Crippen molar-refractivity contribution in [3.05, 3.63) is 87.8 Å². The molecule has 3 aromatic carbocycles. The Morgan fingerprint density at radius 2 is 1.44 bits per heavy atom. The van der Waals surface area contributed by atoms with Crippen molar-refractivity contribution in [2.75, 3.05) is 0 Å². The maximum atomic E-state index is 5.26. The summed E-state index contributed by atoms with van der Waals surface area (Å²) in [4.78, 5) is 6.60. The van der Waals surface area contributed by atoms with Crippen LogP contribution in [0.15, 0.2) is 60.7 Å². The molecule has 0 spiro atoms. The molecule has 0 atom stereocenters. The zero-order valence-corrected chi connectivity index (χ0v) is 23.1. The number of rotatable bonds is 4. The molecule has 5 aromatic rings. The van der Waals surface area contributed by atoms with Crippen molar-refractivity contribution in [1.29, 1.82) is 0 Å². The van der Waals surface area contributed by atoms with E-state index in [4.69, 9.17) is 4.98 Å². The molecule has 1 aliphatic heterocycles. The van der Waals surface area contributed by atoms with Gasteiger partial charge in [-0.2, -0.15) is 11.3 Å². The lowest BCUT2D eigenvalue weighted by Gasteiger charge is -2.29. The van der Waals surface area contributed by atoms with Crippen LogP contribution >= 0.6 is 11.3 Å². The maximum absolute atomic E-state index is 5.26. The van der Waals surface area contributed by atoms with Crippen molar-refractivity contribution in [3.63, 3.8) is 0 Å². The molecule has 0 bridgehead atoms. The minimum atomic E-state index is 0.217. The standard InChI is InChI=1S/C32H33BN2S/c1-18(2)24-10-8-11-25(19(3)4)29(24)33-26-12-9-13-27-30(26)35(28-17-22(7)36-31(28)33)32(34-27)23-15-20(5)14-21(6)16-23/h8-19H,1-7H3. The molecule has 1 aliphatic rings. The van der Waals surface area contributed by atoms with Crippen molar-refractivity contribution >= 4 is 44.8 Å². The fraction of sp³-hybridized carbons (Fsp3) is 0.281. The van der Waals surface area contributed by atoms with Gasteiger partial charge in [0, 0.05) is 15.2 Å². The van der Waals surface area contributed by atoms with Gasteiger partial charge in [0.15, 0.2) is 0 Å². The molecule has 0 aliphatic carbocycles. The lowest BCUT2D eigenvalue weighted by atomic mass is 9.36. The molecular formula is C32H33BN2S. The van der Waals surface area contributed by atoms with Gasteiger partial charge in [-0.3, -0.25) is 4.57 Å². The highest BCUT2D eigenvalue weighted by molar-refractivity contribution is 7.28. The molecule has 2 nitrogen and oxygen atoms in total. The summed E-state index contributed by atoms with van der Waals surface area (Å²) >= 11 is 1.95. The molecule has 6 rings (SSSR count). The Hall–Kier alpha value is -3.11. The zero-order valence-electron chi connectivity index (χ0n) is 22.3. The number of hydrogen-bond acceptors (Lipinski definition) is 2. The minimum Gasteiger partial charge on any atom is -0.293 e. The van der Waals surface area contributed by atoms with E-state index < -0.39 is 0 Å². The monoisotopic (exact) mass is 488 g/mol. The van der Waals surface area contributed by atoms with E-state index in [9.17, 15) is 0 Å². The van der Waals surface area contributed by atoms with E-state index >= 15 is 0 Å². The molecule has 0 N–H and O–H groups in total. The van der Waals surface area contributed by atoms with Crippen LogP contribution in [-0.2, 0) is 0 Å². The van der Waals surface area contributed by atoms with Gasteiger partial charge in [0.1, 0.15) is 5.82 Å². The summed E-state index contributed by atoms with van der Waals surface area (Å²) in [5.74, 6) is 1.96. The average molecular weight is 489 g/mol. The van der Waals surface area contributed by atoms with Gasteiger partial charge in [-0.25, -0.2) is 4.98 Å². The Morgan fingerprint density at radius 3 is 2.08 bits per heavy atom. The highest BCUT2D eigenvalue weighted by atomic mass is 32.1. The normalized spacial score (nSPS) is 12.8. The average Bonchev–Trinajstić information content (AvgIpc) is 3.39. The third kappa shape index (κ3) is 3.49. The van der Waals surface area contributed by atoms with Crippen LogP contribution in [0.25, 0.3) is 28.1 Å². The first-order chi connectivity index (χ1) is 17.2. The molecule has 180 valence electrons. The minimum absolute atomic E-state index is 0.217. The number of fused-ring (bicyclic) bond motifs is 2. The summed E-state index contributed by atoms with van der Waals surface area (Å²) in [5.41, 5.74) is 13.2. The molecule has 36 heavy (non-hydrogen) atoms. The van der Waals surface area contributed by atoms with Crippen LogP contribution in [0.4, 0.5) is 0 Å². The molecule has 4 heteroatoms. The van der Waals surface area contributed by atoms with E-state index in [2.05, 4.69) is 114 Å². The van der Waals surface area contributed by atoms with Gasteiger partial charge < -0.3 is 0 Å². The predicted octanol–water partition coefficient (Wildman–Crippen LogP) is 6.76. The summed E-state index contributed by atoms with van der Waals surface area (Å²) < 4.78 is 3.88. The molecule has 0 amide bonds. The van der Waals surface area contributed by atoms with E-state index in [1.807, 2.05) is 11.3 Å². The van der Waals surface area contributed by atoms with Crippen LogP contribution in [0.2, 0.25) is 0 Å². The van der Waals surface area contributed by atoms with Crippen LogP contribution in [0, 0.1) is 20.8 Å². The summed E-state index contributed by atoms with van der Waals surface area (Å²) in [6.07, 6.45) is 0. The number of hydrogen-bond donors (Lipinski definition) is 0. The number of para-hydroxylation sites is 1. The van der Waals surface area contributed by atoms with E-state index in [-0.39, 0.29) is 6.71 Å². The van der Waals surface area contributed by atoms with Gasteiger partial charge in [-0.1, -0.05) is 80.7 Å². The second kappa shape index (κ2) is 8.49. The van der Waals surface area contributed by atoms with E-state index in [1.165, 1.54) is 59.6 Å². The molecule has 0 fully saturated rings. The fourth-order valence-electron chi connectivity index (χ4n) is 6.19. The number of thiophene rings is 1. The number of nitrogens with zero attached hydrogens (tertiary/aromatic N) is 2. The van der Waals surface area contributed by atoms with Gasteiger partial charge in [-0.05, 0) is 73.5 Å². The molecule has 0 radical (unpaired) electrons. The first kappa shape index (κ1) is 23.3. The van der Waals surface area contributed by atoms with E-state index in [0.717, 1.165) is 11.3 Å². The quantitative estimate of drug-likeness (QED) is 0.251. The molecule has 0 unspecified atom stereocenters. The number of aryl methyl sites for hydroxylation is 3. The highest BCUT2D eigenvalue weighted by Crippen LogP contribution is 2.34. The summed E-state index contributed by atoms with van der Waals surface area (Å²) in [5, 5.41) is 0. The van der Waals surface area contributed by atoms with Crippen LogP contribution in [-0.4, -0.2) is 16.3 Å². The lowest BCUT2D eigenvalue weighted by Crippen LogP contribution is -2.57. The smallest absolute Gasteiger partial charge is 0.260 e. The Balaban J connectivity index is 1.74. The third-order valence-corrected chi connectivity index (χ3v) is 8.68. The molecule has 0 saturated carbocycles. The van der Waals surface area contributed by atoms with E-state index in [0.29, 0.717) is 11.8 Å². The summed E-state index contributed by atoms with van der Waals surface area (Å²) in [6, 6.07) is 22.8. The highest BCUT2D eigenvalue weighted by Gasteiger charge is 2.38. The zero-order chi connectivity index (χ0) is 25.3. The van der Waals surface area contributed by atoms with Gasteiger partial charge in [0.25, 0.3) is 6.71 Å². The van der Waals surface area contributed by atoms with E-state index in [1.54, 1.807) is 0 Å². The molecular weight excluding hydrogens is 455 g/mol. The maximum Gasteiger partial charge on any atom is 0.260 e. The van der Waals surface area contributed by atoms with Crippen molar-refractivity contribution in [3.8, 4) is 17.1 Å². The second-order valence-corrected chi connectivity index (χ2v) is 12.3. The Labute approximate surface area is 219 Å². The van der Waals surface area contributed by atoms with Crippen LogP contribution in [0.1, 0.15) is 66.7 Å². The largest absolute Gasteiger partial charge is 0.293 e. The topological polar surface area (TPSA) is 17.8 Å². The van der Waals surface area contributed by atoms with Crippen LogP contribution in [0.3, 0.4) is 0 Å². The Morgan fingerprint density at radius 1 is 0.806 bits per heavy atom. The van der Waals surface area contributed by atoms with Gasteiger partial charge in [0.05, 0.1) is 16.7 Å². The van der Waals surface area contributed by atoms with Crippen molar-refractivity contribution in [1.82, 2.24) is 9.55 Å². The number of imidazole rings is 1. The Kier molecular flexibility index (Phi) is 5.49. The van der Waals surface area contributed by atoms with Gasteiger partial charge in [0.2, 0.25) is 0 Å². The van der Waals surface area contributed by atoms with Gasteiger partial charge in [-0.15, -0.1) is 0 Å². The molecule has 0 saturated heterocycles. The predicted molar refractivity (Wildman–Crippen MR) is 158 cm³/mol. The van der Waals surface area contributed by atoms with Gasteiger partial charge >= 0.3 is 0 Å². The number of benzene rings is 3. The van der Waals surface area contributed by atoms with Crippen LogP contribution in [0.5, 0.6) is 0 Å². The summed E-state index contributed by atoms with van der Waals surface area (Å²) in [6.45, 7) is 16.1. The first-order valence-corrected chi connectivity index (χ1v) is 13.9. The first-order valence-electron chi connectivity index (χ1n) is 13.1. The van der Waals surface area contributed by atoms with Crippen molar-refractivity contribution in [2.45, 2.75) is 60.3 Å². The van der Waals surface area contributed by atoms with Crippen molar-refractivity contribution in [2.24, 2.45) is 0 Å². The number of aromatic nitrogens is 2. The lowest BCUT2D eigenvalue weighted by molar-refractivity contribution is 0.845. The fourth-order valence-corrected chi connectivity index (χ4v) is 7.32. The third-order valence-electron chi connectivity index (χ3n) is 7.57. The summed E-state index contributed by atoms with van der Waals surface area (Å²) in [7, 11) is 0. The van der Waals surface area contributed by atoms with Crippen molar-refractivity contribution < 1.29 is 0 Å². The Bertz CT molecular complexity index is 1590. The molecule has 3 heterocycles.